The van der Waals surface area contributed by atoms with Crippen LogP contribution >= 0.6 is 0 Å². The van der Waals surface area contributed by atoms with Crippen LogP contribution in [0.4, 0.5) is 5.95 Å². The van der Waals surface area contributed by atoms with Gasteiger partial charge < -0.3 is 10.2 Å². The zero-order valence-corrected chi connectivity index (χ0v) is 13.3. The fourth-order valence-corrected chi connectivity index (χ4v) is 2.83. The van der Waals surface area contributed by atoms with Gasteiger partial charge in [0.05, 0.1) is 11.8 Å². The van der Waals surface area contributed by atoms with Crippen LogP contribution in [-0.4, -0.2) is 19.9 Å². The lowest BCUT2D eigenvalue weighted by Gasteiger charge is -2.11. The summed E-state index contributed by atoms with van der Waals surface area (Å²) in [5.41, 5.74) is 11.2. The molecule has 0 bridgehead atoms. The summed E-state index contributed by atoms with van der Waals surface area (Å²) in [5, 5.41) is 1.01. The smallest absolute Gasteiger partial charge is 0.220 e. The molecule has 0 unspecified atom stereocenters. The lowest BCUT2D eigenvalue weighted by Crippen LogP contribution is -1.99. The number of aromatic nitrogens is 4. The Balaban J connectivity index is 2.00. The number of benzene rings is 1. The molecule has 4 rings (SSSR count). The molecule has 0 radical (unpaired) electrons. The number of fused-ring (bicyclic) bond motifs is 1. The fraction of sp³-hybridized carbons (Fsp3) is 0.111. The molecule has 2 N–H and O–H groups in total. The third kappa shape index (κ3) is 2.28. The number of anilines is 1. The molecule has 3 aromatic heterocycles. The van der Waals surface area contributed by atoms with Crippen LogP contribution in [0.3, 0.4) is 0 Å². The maximum absolute atomic E-state index is 5.77. The molecular formula is C18H15N5O. The summed E-state index contributed by atoms with van der Waals surface area (Å²) in [6.45, 7) is 4.00. The Morgan fingerprint density at radius 1 is 1.08 bits per heavy atom. The van der Waals surface area contributed by atoms with Crippen LogP contribution in [0.5, 0.6) is 0 Å². The zero-order chi connectivity index (χ0) is 16.7. The minimum atomic E-state index is 0.210. The van der Waals surface area contributed by atoms with Gasteiger partial charge in [0.25, 0.3) is 0 Å². The van der Waals surface area contributed by atoms with Crippen LogP contribution < -0.4 is 5.73 Å². The first kappa shape index (κ1) is 14.3. The highest BCUT2D eigenvalue weighted by atomic mass is 16.3. The molecule has 6 heteroatoms. The van der Waals surface area contributed by atoms with Gasteiger partial charge in [-0.05, 0) is 49.2 Å². The van der Waals surface area contributed by atoms with E-state index in [9.17, 15) is 0 Å². The molecule has 118 valence electrons. The van der Waals surface area contributed by atoms with E-state index >= 15 is 0 Å². The monoisotopic (exact) mass is 317 g/mol. The molecule has 0 aliphatic rings. The molecule has 0 amide bonds. The second kappa shape index (κ2) is 5.42. The second-order valence-corrected chi connectivity index (χ2v) is 5.62. The van der Waals surface area contributed by atoms with Crippen molar-refractivity contribution in [3.8, 4) is 22.6 Å². The van der Waals surface area contributed by atoms with Crippen LogP contribution in [0.25, 0.3) is 33.5 Å². The molecule has 0 fully saturated rings. The predicted octanol–water partition coefficient (Wildman–Crippen LogP) is 3.55. The van der Waals surface area contributed by atoms with Gasteiger partial charge >= 0.3 is 0 Å². The average molecular weight is 317 g/mol. The number of aryl methyl sites for hydroxylation is 2. The second-order valence-electron chi connectivity index (χ2n) is 5.62. The molecule has 24 heavy (non-hydrogen) atoms. The quantitative estimate of drug-likeness (QED) is 0.608. The highest BCUT2D eigenvalue weighted by Gasteiger charge is 2.15. The summed E-state index contributed by atoms with van der Waals surface area (Å²) in [6, 6.07) is 7.80. The van der Waals surface area contributed by atoms with Gasteiger partial charge in [-0.2, -0.15) is 0 Å². The molecule has 0 spiro atoms. The zero-order valence-electron chi connectivity index (χ0n) is 13.3. The Morgan fingerprint density at radius 2 is 1.96 bits per heavy atom. The Kier molecular flexibility index (Phi) is 3.23. The van der Waals surface area contributed by atoms with Crippen LogP contribution in [-0.2, 0) is 0 Å². The van der Waals surface area contributed by atoms with Crippen LogP contribution in [0.15, 0.2) is 47.5 Å². The van der Waals surface area contributed by atoms with Gasteiger partial charge in [0.1, 0.15) is 12.0 Å². The number of hydrogen-bond donors (Lipinski definition) is 1. The summed E-state index contributed by atoms with van der Waals surface area (Å²) in [7, 11) is 0. The van der Waals surface area contributed by atoms with Gasteiger partial charge in [-0.15, -0.1) is 0 Å². The van der Waals surface area contributed by atoms with Gasteiger partial charge in [-0.3, -0.25) is 0 Å². The summed E-state index contributed by atoms with van der Waals surface area (Å²) in [4.78, 5) is 17.2. The number of nitrogens with two attached hydrogens (primary N) is 1. The number of nitrogens with zero attached hydrogens (tertiary/aromatic N) is 4. The van der Waals surface area contributed by atoms with E-state index in [-0.39, 0.29) is 5.95 Å². The average Bonchev–Trinajstić information content (AvgIpc) is 3.10. The first-order chi connectivity index (χ1) is 11.6. The van der Waals surface area contributed by atoms with Crippen LogP contribution in [0, 0.1) is 13.8 Å². The van der Waals surface area contributed by atoms with Gasteiger partial charge in [-0.25, -0.2) is 19.9 Å². The third-order valence-electron chi connectivity index (χ3n) is 4.00. The summed E-state index contributed by atoms with van der Waals surface area (Å²) in [6.07, 6.45) is 4.92. The molecule has 0 saturated carbocycles. The highest BCUT2D eigenvalue weighted by molar-refractivity contribution is 5.91. The Bertz CT molecular complexity index is 1040. The standard InChI is InChI=1S/C18H15N5O/c1-10-6-12(7-13-11(2)21-9-22-16(10)13)14-8-20-18(19)23-17(14)15-4-3-5-24-15/h3-9H,1-2H3,(H2,19,20,23). The lowest BCUT2D eigenvalue weighted by atomic mass is 9.98. The number of hydrogen-bond acceptors (Lipinski definition) is 6. The van der Waals surface area contributed by atoms with Crippen molar-refractivity contribution in [3.05, 3.63) is 54.3 Å². The molecule has 0 atom stereocenters. The molecule has 1 aromatic carbocycles. The summed E-state index contributed by atoms with van der Waals surface area (Å²) < 4.78 is 5.51. The molecule has 6 nitrogen and oxygen atoms in total. The van der Waals surface area contributed by atoms with Gasteiger partial charge in [0.15, 0.2) is 5.76 Å². The van der Waals surface area contributed by atoms with Crippen molar-refractivity contribution in [3.63, 3.8) is 0 Å². The number of rotatable bonds is 2. The largest absolute Gasteiger partial charge is 0.463 e. The summed E-state index contributed by atoms with van der Waals surface area (Å²) >= 11 is 0. The molecule has 4 aromatic rings. The normalized spacial score (nSPS) is 11.1. The maximum Gasteiger partial charge on any atom is 0.220 e. The van der Waals surface area contributed by atoms with Gasteiger partial charge in [0.2, 0.25) is 5.95 Å². The molecular weight excluding hydrogens is 302 g/mol. The van der Waals surface area contributed by atoms with E-state index in [1.54, 1.807) is 18.8 Å². The first-order valence-corrected chi connectivity index (χ1v) is 7.52. The van der Waals surface area contributed by atoms with Crippen LogP contribution in [0.2, 0.25) is 0 Å². The first-order valence-electron chi connectivity index (χ1n) is 7.52. The van der Waals surface area contributed by atoms with Crippen molar-refractivity contribution in [1.29, 1.82) is 0 Å². The molecule has 0 aliphatic carbocycles. The molecule has 0 aliphatic heterocycles. The van der Waals surface area contributed by atoms with Crippen molar-refractivity contribution in [1.82, 2.24) is 19.9 Å². The van der Waals surface area contributed by atoms with Crippen molar-refractivity contribution < 1.29 is 4.42 Å². The van der Waals surface area contributed by atoms with E-state index in [2.05, 4.69) is 32.1 Å². The Labute approximate surface area is 138 Å². The lowest BCUT2D eigenvalue weighted by molar-refractivity contribution is 0.580. The SMILES string of the molecule is Cc1ncnc2c(C)cc(-c3cnc(N)nc3-c3ccco3)cc12. The predicted molar refractivity (Wildman–Crippen MR) is 92.2 cm³/mol. The number of furan rings is 1. The van der Waals surface area contributed by atoms with E-state index in [1.165, 1.54) is 0 Å². The topological polar surface area (TPSA) is 90.7 Å². The van der Waals surface area contributed by atoms with E-state index in [4.69, 9.17) is 10.2 Å². The maximum atomic E-state index is 5.77. The van der Waals surface area contributed by atoms with Crippen LogP contribution in [0.1, 0.15) is 11.3 Å². The molecule has 0 saturated heterocycles. The van der Waals surface area contributed by atoms with E-state index in [1.807, 2.05) is 26.0 Å². The van der Waals surface area contributed by atoms with Crippen molar-refractivity contribution in [2.75, 3.05) is 5.73 Å². The minimum absolute atomic E-state index is 0.210. The third-order valence-corrected chi connectivity index (χ3v) is 4.00. The van der Waals surface area contributed by atoms with E-state index < -0.39 is 0 Å². The van der Waals surface area contributed by atoms with Gasteiger partial charge in [0, 0.05) is 22.8 Å². The van der Waals surface area contributed by atoms with E-state index in [0.29, 0.717) is 11.5 Å². The van der Waals surface area contributed by atoms with Crippen molar-refractivity contribution in [2.45, 2.75) is 13.8 Å². The summed E-state index contributed by atoms with van der Waals surface area (Å²) in [5.74, 6) is 0.861. The highest BCUT2D eigenvalue weighted by Crippen LogP contribution is 2.33. The van der Waals surface area contributed by atoms with Crippen molar-refractivity contribution in [2.24, 2.45) is 0 Å². The number of nitrogen functional groups attached to an aromatic ring is 1. The Morgan fingerprint density at radius 3 is 2.75 bits per heavy atom. The fourth-order valence-electron chi connectivity index (χ4n) is 2.83. The Hall–Kier alpha value is -3.28. The minimum Gasteiger partial charge on any atom is -0.463 e. The van der Waals surface area contributed by atoms with Crippen molar-refractivity contribution >= 4 is 16.9 Å². The molecule has 3 heterocycles. The van der Waals surface area contributed by atoms with Gasteiger partial charge in [-0.1, -0.05) is 0 Å². The van der Waals surface area contributed by atoms with E-state index in [0.717, 1.165) is 33.3 Å².